The molecule has 1 aromatic rings. The van der Waals surface area contributed by atoms with Gasteiger partial charge in [0, 0.05) is 12.5 Å². The molecule has 2 rings (SSSR count). The van der Waals surface area contributed by atoms with Crippen LogP contribution in [0.15, 0.2) is 24.3 Å². The number of piperidine rings is 1. The highest BCUT2D eigenvalue weighted by Crippen LogP contribution is 2.32. The molecule has 1 fully saturated rings. The van der Waals surface area contributed by atoms with E-state index < -0.39 is 5.67 Å². The molecule has 2 heteroatoms. The van der Waals surface area contributed by atoms with E-state index in [4.69, 9.17) is 0 Å². The van der Waals surface area contributed by atoms with E-state index in [2.05, 4.69) is 12.2 Å². The van der Waals surface area contributed by atoms with Gasteiger partial charge in [0.1, 0.15) is 5.67 Å². The zero-order chi connectivity index (χ0) is 13.0. The van der Waals surface area contributed by atoms with Crippen molar-refractivity contribution in [2.24, 2.45) is 0 Å². The monoisotopic (exact) mass is 249 g/mol. The van der Waals surface area contributed by atoms with Gasteiger partial charge in [-0.15, -0.1) is 0 Å². The molecule has 1 aliphatic rings. The molecule has 2 unspecified atom stereocenters. The quantitative estimate of drug-likeness (QED) is 0.851. The lowest BCUT2D eigenvalue weighted by Gasteiger charge is -2.30. The predicted octanol–water partition coefficient (Wildman–Crippen LogP) is 3.97. The third-order valence-corrected chi connectivity index (χ3v) is 4.01. The van der Waals surface area contributed by atoms with E-state index >= 15 is 0 Å². The Kier molecular flexibility index (Phi) is 4.39. The van der Waals surface area contributed by atoms with Gasteiger partial charge in [-0.05, 0) is 43.9 Å². The third-order valence-electron chi connectivity index (χ3n) is 4.01. The van der Waals surface area contributed by atoms with Crippen LogP contribution < -0.4 is 5.32 Å². The van der Waals surface area contributed by atoms with Crippen LogP contribution in [0.5, 0.6) is 0 Å². The molecule has 18 heavy (non-hydrogen) atoms. The van der Waals surface area contributed by atoms with Gasteiger partial charge in [-0.2, -0.15) is 0 Å². The molecule has 0 amide bonds. The lowest BCUT2D eigenvalue weighted by molar-refractivity contribution is 0.146. The normalized spacial score (nSPS) is 23.6. The fraction of sp³-hybridized carbons (Fsp3) is 0.625. The summed E-state index contributed by atoms with van der Waals surface area (Å²) in [4.78, 5) is 0. The van der Waals surface area contributed by atoms with E-state index in [9.17, 15) is 4.39 Å². The highest BCUT2D eigenvalue weighted by molar-refractivity contribution is 5.27. The second-order valence-electron chi connectivity index (χ2n) is 5.60. The van der Waals surface area contributed by atoms with Crippen LogP contribution in [-0.2, 0) is 12.1 Å². The van der Waals surface area contributed by atoms with Crippen molar-refractivity contribution in [2.45, 2.75) is 57.7 Å². The minimum atomic E-state index is -1.22. The van der Waals surface area contributed by atoms with Crippen LogP contribution in [0.1, 0.15) is 50.7 Å². The molecule has 1 saturated heterocycles. The van der Waals surface area contributed by atoms with Gasteiger partial charge in [0.2, 0.25) is 0 Å². The molecule has 0 aromatic heterocycles. The second-order valence-corrected chi connectivity index (χ2v) is 5.60. The molecule has 0 bridgehead atoms. The van der Waals surface area contributed by atoms with Gasteiger partial charge in [0.15, 0.2) is 0 Å². The lowest BCUT2D eigenvalue weighted by Crippen LogP contribution is -2.38. The van der Waals surface area contributed by atoms with Gasteiger partial charge in [0.05, 0.1) is 0 Å². The topological polar surface area (TPSA) is 12.0 Å². The summed E-state index contributed by atoms with van der Waals surface area (Å²) >= 11 is 0. The summed E-state index contributed by atoms with van der Waals surface area (Å²) in [7, 11) is 0. The van der Waals surface area contributed by atoms with E-state index in [1.165, 1.54) is 18.4 Å². The van der Waals surface area contributed by atoms with Crippen molar-refractivity contribution in [1.29, 1.82) is 0 Å². The molecule has 1 nitrogen and oxygen atoms in total. The third kappa shape index (κ3) is 3.32. The van der Waals surface area contributed by atoms with Gasteiger partial charge in [-0.1, -0.05) is 37.6 Å². The number of rotatable bonds is 4. The van der Waals surface area contributed by atoms with Crippen molar-refractivity contribution in [1.82, 2.24) is 5.32 Å². The van der Waals surface area contributed by atoms with Crippen molar-refractivity contribution < 1.29 is 4.39 Å². The van der Waals surface area contributed by atoms with Crippen molar-refractivity contribution >= 4 is 0 Å². The summed E-state index contributed by atoms with van der Waals surface area (Å²) in [5.41, 5.74) is 0.860. The largest absolute Gasteiger partial charge is 0.314 e. The van der Waals surface area contributed by atoms with Gasteiger partial charge < -0.3 is 5.32 Å². The minimum absolute atomic E-state index is 0.333. The first-order chi connectivity index (χ1) is 8.62. The Morgan fingerprint density at radius 3 is 2.56 bits per heavy atom. The summed E-state index contributed by atoms with van der Waals surface area (Å²) in [6, 6.07) is 8.31. The van der Waals surface area contributed by atoms with Crippen LogP contribution in [0.3, 0.4) is 0 Å². The van der Waals surface area contributed by atoms with E-state index in [1.807, 2.05) is 24.3 Å². The first-order valence-electron chi connectivity index (χ1n) is 7.13. The van der Waals surface area contributed by atoms with E-state index in [-0.39, 0.29) is 0 Å². The fourth-order valence-electron chi connectivity index (χ4n) is 2.77. The van der Waals surface area contributed by atoms with Gasteiger partial charge >= 0.3 is 0 Å². The molecule has 1 heterocycles. The van der Waals surface area contributed by atoms with Crippen LogP contribution in [0.4, 0.5) is 4.39 Å². The van der Waals surface area contributed by atoms with E-state index in [0.29, 0.717) is 12.5 Å². The molecular weight excluding hydrogens is 225 g/mol. The molecule has 1 aromatic carbocycles. The molecule has 0 aliphatic carbocycles. The molecular formula is C16H24FN. The predicted molar refractivity (Wildman–Crippen MR) is 74.5 cm³/mol. The maximum Gasteiger partial charge on any atom is 0.134 e. The second kappa shape index (κ2) is 5.83. The van der Waals surface area contributed by atoms with E-state index in [1.54, 1.807) is 6.92 Å². The SMILES string of the molecule is CCc1ccc(C(C)(F)CC2CCCCN2)cc1. The first kappa shape index (κ1) is 13.5. The molecule has 0 radical (unpaired) electrons. The summed E-state index contributed by atoms with van der Waals surface area (Å²) in [5, 5.41) is 3.43. The lowest BCUT2D eigenvalue weighted by atomic mass is 9.87. The summed E-state index contributed by atoms with van der Waals surface area (Å²) in [6.45, 7) is 4.87. The number of hydrogen-bond donors (Lipinski definition) is 1. The average molecular weight is 249 g/mol. The van der Waals surface area contributed by atoms with Crippen molar-refractivity contribution in [3.63, 3.8) is 0 Å². The van der Waals surface area contributed by atoms with E-state index in [0.717, 1.165) is 24.9 Å². The summed E-state index contributed by atoms with van der Waals surface area (Å²) in [5.74, 6) is 0. The van der Waals surface area contributed by atoms with Crippen LogP contribution in [-0.4, -0.2) is 12.6 Å². The highest BCUT2D eigenvalue weighted by atomic mass is 19.1. The smallest absolute Gasteiger partial charge is 0.134 e. The Balaban J connectivity index is 2.03. The highest BCUT2D eigenvalue weighted by Gasteiger charge is 2.30. The molecule has 0 saturated carbocycles. The standard InChI is InChI=1S/C16H24FN/c1-3-13-7-9-14(10-8-13)16(2,17)12-15-6-4-5-11-18-15/h7-10,15,18H,3-6,11-12H2,1-2H3. The Morgan fingerprint density at radius 1 is 1.28 bits per heavy atom. The number of hydrogen-bond acceptors (Lipinski definition) is 1. The summed E-state index contributed by atoms with van der Waals surface area (Å²) in [6.07, 6.45) is 5.14. The van der Waals surface area contributed by atoms with Crippen LogP contribution in [0.2, 0.25) is 0 Å². The van der Waals surface area contributed by atoms with Gasteiger partial charge in [-0.3, -0.25) is 0 Å². The van der Waals surface area contributed by atoms with Crippen molar-refractivity contribution in [3.8, 4) is 0 Å². The number of nitrogens with one attached hydrogen (secondary N) is 1. The Hall–Kier alpha value is -0.890. The van der Waals surface area contributed by atoms with Crippen molar-refractivity contribution in [2.75, 3.05) is 6.54 Å². The Morgan fingerprint density at radius 2 is 2.00 bits per heavy atom. The zero-order valence-electron chi connectivity index (χ0n) is 11.5. The molecule has 0 spiro atoms. The maximum absolute atomic E-state index is 14.8. The fourth-order valence-corrected chi connectivity index (χ4v) is 2.77. The Bertz CT molecular complexity index is 363. The molecule has 2 atom stereocenters. The first-order valence-corrected chi connectivity index (χ1v) is 7.13. The average Bonchev–Trinajstić information content (AvgIpc) is 2.39. The van der Waals surface area contributed by atoms with Gasteiger partial charge in [-0.25, -0.2) is 4.39 Å². The molecule has 1 aliphatic heterocycles. The van der Waals surface area contributed by atoms with Crippen molar-refractivity contribution in [3.05, 3.63) is 35.4 Å². The van der Waals surface area contributed by atoms with Crippen LogP contribution in [0.25, 0.3) is 0 Å². The Labute approximate surface area is 110 Å². The number of alkyl halides is 1. The zero-order valence-corrected chi connectivity index (χ0v) is 11.5. The van der Waals surface area contributed by atoms with Crippen LogP contribution in [0, 0.1) is 0 Å². The number of aryl methyl sites for hydroxylation is 1. The number of halogens is 1. The minimum Gasteiger partial charge on any atom is -0.314 e. The maximum atomic E-state index is 14.8. The number of benzene rings is 1. The van der Waals surface area contributed by atoms with Crippen LogP contribution >= 0.6 is 0 Å². The molecule has 1 N–H and O–H groups in total. The van der Waals surface area contributed by atoms with Gasteiger partial charge in [0.25, 0.3) is 0 Å². The summed E-state index contributed by atoms with van der Waals surface area (Å²) < 4.78 is 14.8. The molecule has 100 valence electrons.